The summed E-state index contributed by atoms with van der Waals surface area (Å²) in [6.07, 6.45) is 4.54. The summed E-state index contributed by atoms with van der Waals surface area (Å²) in [5.74, 6) is 7.18. The summed E-state index contributed by atoms with van der Waals surface area (Å²) in [5.41, 5.74) is 2.15. The van der Waals surface area contributed by atoms with Crippen molar-refractivity contribution in [2.75, 3.05) is 7.11 Å². The summed E-state index contributed by atoms with van der Waals surface area (Å²) in [6, 6.07) is 14.2. The normalized spacial score (nSPS) is 10.2. The van der Waals surface area contributed by atoms with Gasteiger partial charge in [0.2, 0.25) is 0 Å². The molecule has 120 valence electrons. The van der Waals surface area contributed by atoms with Gasteiger partial charge in [0.1, 0.15) is 5.75 Å². The lowest BCUT2D eigenvalue weighted by molar-refractivity contribution is 0.414. The number of hydrogen-bond donors (Lipinski definition) is 0. The zero-order chi connectivity index (χ0) is 16.8. The van der Waals surface area contributed by atoms with Crippen LogP contribution in [0.1, 0.15) is 24.0 Å². The van der Waals surface area contributed by atoms with Crippen molar-refractivity contribution >= 4 is 22.4 Å². The standard InChI is InChI=1S/C20H17ClN2O/c1-24-19-13-12-17-18(14-22-23-20(17)21)16(19)11-7-3-6-10-15-8-4-2-5-9-15/h2,4-5,8-9,12-14H,3,6,10H2,1H3. The van der Waals surface area contributed by atoms with Crippen molar-refractivity contribution in [3.8, 4) is 17.6 Å². The number of aromatic nitrogens is 2. The largest absolute Gasteiger partial charge is 0.495 e. The highest BCUT2D eigenvalue weighted by Gasteiger charge is 2.09. The number of methoxy groups -OCH3 is 1. The third-order valence-electron chi connectivity index (χ3n) is 3.81. The number of aryl methyl sites for hydroxylation is 1. The first-order valence-electron chi connectivity index (χ1n) is 7.80. The summed E-state index contributed by atoms with van der Waals surface area (Å²) in [5, 5.41) is 9.88. The molecule has 2 aromatic carbocycles. The van der Waals surface area contributed by atoms with Crippen LogP contribution >= 0.6 is 11.6 Å². The van der Waals surface area contributed by atoms with E-state index < -0.39 is 0 Å². The van der Waals surface area contributed by atoms with Gasteiger partial charge in [-0.05, 0) is 30.5 Å². The van der Waals surface area contributed by atoms with E-state index in [9.17, 15) is 0 Å². The van der Waals surface area contributed by atoms with Crippen LogP contribution in [0.4, 0.5) is 0 Å². The monoisotopic (exact) mass is 336 g/mol. The Morgan fingerprint density at radius 2 is 1.92 bits per heavy atom. The van der Waals surface area contributed by atoms with E-state index in [1.807, 2.05) is 18.2 Å². The molecule has 0 radical (unpaired) electrons. The molecule has 0 spiro atoms. The van der Waals surface area contributed by atoms with Gasteiger partial charge in [0.25, 0.3) is 0 Å². The van der Waals surface area contributed by atoms with E-state index >= 15 is 0 Å². The Morgan fingerprint density at radius 1 is 1.08 bits per heavy atom. The highest BCUT2D eigenvalue weighted by atomic mass is 35.5. The molecule has 0 amide bonds. The van der Waals surface area contributed by atoms with E-state index in [-0.39, 0.29) is 0 Å². The summed E-state index contributed by atoms with van der Waals surface area (Å²) in [7, 11) is 1.64. The molecule has 1 aromatic heterocycles. The van der Waals surface area contributed by atoms with Gasteiger partial charge in [0, 0.05) is 17.2 Å². The zero-order valence-corrected chi connectivity index (χ0v) is 14.2. The van der Waals surface area contributed by atoms with E-state index in [4.69, 9.17) is 16.3 Å². The second-order valence-electron chi connectivity index (χ2n) is 5.38. The van der Waals surface area contributed by atoms with Gasteiger partial charge in [-0.3, -0.25) is 0 Å². The molecule has 0 unspecified atom stereocenters. The van der Waals surface area contributed by atoms with Crippen LogP contribution in [0.3, 0.4) is 0 Å². The van der Waals surface area contributed by atoms with Crippen LogP contribution in [0, 0.1) is 11.8 Å². The number of nitrogens with zero attached hydrogens (tertiary/aromatic N) is 2. The van der Waals surface area contributed by atoms with Crippen LogP contribution in [0.25, 0.3) is 10.8 Å². The highest BCUT2D eigenvalue weighted by Crippen LogP contribution is 2.29. The molecule has 0 saturated heterocycles. The smallest absolute Gasteiger partial charge is 0.159 e. The quantitative estimate of drug-likeness (QED) is 0.513. The van der Waals surface area contributed by atoms with Crippen molar-refractivity contribution < 1.29 is 4.74 Å². The Kier molecular flexibility index (Phi) is 5.30. The molecule has 0 N–H and O–H groups in total. The predicted molar refractivity (Wildman–Crippen MR) is 97.4 cm³/mol. The average molecular weight is 337 g/mol. The molecule has 1 heterocycles. The topological polar surface area (TPSA) is 35.0 Å². The van der Waals surface area contributed by atoms with Crippen molar-refractivity contribution in [3.05, 3.63) is 64.9 Å². The maximum Gasteiger partial charge on any atom is 0.159 e. The summed E-state index contributed by atoms with van der Waals surface area (Å²) in [6.45, 7) is 0. The van der Waals surface area contributed by atoms with Crippen LogP contribution in [0.15, 0.2) is 48.7 Å². The van der Waals surface area contributed by atoms with Crippen molar-refractivity contribution in [3.63, 3.8) is 0 Å². The highest BCUT2D eigenvalue weighted by molar-refractivity contribution is 6.34. The number of halogens is 1. The number of unbranched alkanes of at least 4 members (excludes halogenated alkanes) is 1. The minimum absolute atomic E-state index is 0.377. The van der Waals surface area contributed by atoms with Gasteiger partial charge in [0.15, 0.2) is 5.15 Å². The fourth-order valence-electron chi connectivity index (χ4n) is 2.58. The van der Waals surface area contributed by atoms with Crippen molar-refractivity contribution in [2.45, 2.75) is 19.3 Å². The lowest BCUT2D eigenvalue weighted by Gasteiger charge is -2.07. The summed E-state index contributed by atoms with van der Waals surface area (Å²) < 4.78 is 5.43. The minimum atomic E-state index is 0.377. The van der Waals surface area contributed by atoms with E-state index in [0.29, 0.717) is 5.15 Å². The van der Waals surface area contributed by atoms with Crippen LogP contribution in [-0.2, 0) is 6.42 Å². The van der Waals surface area contributed by atoms with Crippen molar-refractivity contribution in [1.29, 1.82) is 0 Å². The van der Waals surface area contributed by atoms with E-state index in [1.165, 1.54) is 5.56 Å². The molecule has 0 aliphatic heterocycles. The molecule has 3 aromatic rings. The molecule has 24 heavy (non-hydrogen) atoms. The second-order valence-corrected chi connectivity index (χ2v) is 5.74. The zero-order valence-electron chi connectivity index (χ0n) is 13.4. The SMILES string of the molecule is COc1ccc2c(Cl)nncc2c1C#CCCCc1ccccc1. The fourth-order valence-corrected chi connectivity index (χ4v) is 2.79. The molecular weight excluding hydrogens is 320 g/mol. The van der Waals surface area contributed by atoms with E-state index in [2.05, 4.69) is 46.3 Å². The first-order valence-corrected chi connectivity index (χ1v) is 8.18. The molecule has 0 atom stereocenters. The van der Waals surface area contributed by atoms with Gasteiger partial charge in [-0.15, -0.1) is 5.10 Å². The maximum absolute atomic E-state index is 6.11. The van der Waals surface area contributed by atoms with Crippen molar-refractivity contribution in [2.24, 2.45) is 0 Å². The molecule has 3 nitrogen and oxygen atoms in total. The lowest BCUT2D eigenvalue weighted by Crippen LogP contribution is -1.92. The van der Waals surface area contributed by atoms with Gasteiger partial charge < -0.3 is 4.74 Å². The number of hydrogen-bond acceptors (Lipinski definition) is 3. The van der Waals surface area contributed by atoms with Crippen LogP contribution in [0.2, 0.25) is 5.15 Å². The Labute approximate surface area is 146 Å². The Bertz CT molecular complexity index is 898. The van der Waals surface area contributed by atoms with Gasteiger partial charge in [-0.2, -0.15) is 5.10 Å². The Balaban J connectivity index is 1.78. The number of fused-ring (bicyclic) bond motifs is 1. The van der Waals surface area contributed by atoms with Crippen molar-refractivity contribution in [1.82, 2.24) is 10.2 Å². The van der Waals surface area contributed by atoms with Gasteiger partial charge in [0.05, 0.1) is 18.9 Å². The molecule has 3 rings (SSSR count). The number of benzene rings is 2. The number of ether oxygens (including phenoxy) is 1. The molecule has 0 aliphatic rings. The van der Waals surface area contributed by atoms with E-state index in [1.54, 1.807) is 13.3 Å². The lowest BCUT2D eigenvalue weighted by atomic mass is 10.1. The van der Waals surface area contributed by atoms with E-state index in [0.717, 1.165) is 41.3 Å². The Morgan fingerprint density at radius 3 is 2.71 bits per heavy atom. The second kappa shape index (κ2) is 7.81. The third kappa shape index (κ3) is 3.67. The first kappa shape index (κ1) is 16.3. The minimum Gasteiger partial charge on any atom is -0.495 e. The molecule has 0 fully saturated rings. The summed E-state index contributed by atoms with van der Waals surface area (Å²) in [4.78, 5) is 0. The number of rotatable bonds is 4. The van der Waals surface area contributed by atoms with Crippen LogP contribution < -0.4 is 4.74 Å². The molecule has 0 saturated carbocycles. The third-order valence-corrected chi connectivity index (χ3v) is 4.08. The summed E-state index contributed by atoms with van der Waals surface area (Å²) >= 11 is 6.11. The van der Waals surface area contributed by atoms with Gasteiger partial charge in [-0.1, -0.05) is 53.8 Å². The Hall–Kier alpha value is -2.57. The molecule has 0 aliphatic carbocycles. The van der Waals surface area contributed by atoms with Gasteiger partial charge >= 0.3 is 0 Å². The van der Waals surface area contributed by atoms with Crippen LogP contribution in [-0.4, -0.2) is 17.3 Å². The average Bonchev–Trinajstić information content (AvgIpc) is 2.62. The predicted octanol–water partition coefficient (Wildman–Crippen LogP) is 4.67. The maximum atomic E-state index is 6.11. The van der Waals surface area contributed by atoms with Gasteiger partial charge in [-0.25, -0.2) is 0 Å². The first-order chi connectivity index (χ1) is 11.8. The molecule has 4 heteroatoms. The van der Waals surface area contributed by atoms with Crippen LogP contribution in [0.5, 0.6) is 5.75 Å². The molecular formula is C20H17ClN2O. The molecule has 0 bridgehead atoms. The fraction of sp³-hybridized carbons (Fsp3) is 0.200.